The van der Waals surface area contributed by atoms with Gasteiger partial charge in [0.1, 0.15) is 5.54 Å². The van der Waals surface area contributed by atoms with Gasteiger partial charge in [-0.3, -0.25) is 9.99 Å². The molecule has 3 heterocycles. The standard InChI is InChI=1S/C30H30ClF2N7S/c1-5-17-13-34-25-20(24(17)35-15-29(2,3)4)11-18(12-21(25)31)37-26(19-7-6-8-22-27(19)41-16-36-22)23-14-40(39-38-23)30(9-10-30)28(32)33/h1,6-8,11-14,16,26,28,37-39H,9-10,15H2,2-4H3,(H,34,35)/t26-/m0/s1. The molecule has 1 saturated carbocycles. The number of hydrogen-bond acceptors (Lipinski definition) is 8. The molecule has 2 aromatic carbocycles. The fraction of sp³-hybridized carbons (Fsp3) is 0.333. The maximum atomic E-state index is 13.9. The van der Waals surface area contributed by atoms with Crippen molar-refractivity contribution in [3.05, 3.63) is 70.1 Å². The van der Waals surface area contributed by atoms with E-state index in [2.05, 4.69) is 58.3 Å². The lowest BCUT2D eigenvalue weighted by molar-refractivity contribution is 0.00911. The molecule has 11 heteroatoms. The van der Waals surface area contributed by atoms with Gasteiger partial charge in [-0.05, 0) is 42.0 Å². The van der Waals surface area contributed by atoms with Crippen LogP contribution in [0.2, 0.25) is 5.02 Å². The Kier molecular flexibility index (Phi) is 6.92. The molecule has 212 valence electrons. The second kappa shape index (κ2) is 10.3. The molecule has 2 aromatic heterocycles. The zero-order chi connectivity index (χ0) is 28.9. The summed E-state index contributed by atoms with van der Waals surface area (Å²) >= 11 is 8.32. The first-order valence-corrected chi connectivity index (χ1v) is 14.6. The number of aromatic nitrogens is 2. The highest BCUT2D eigenvalue weighted by molar-refractivity contribution is 7.17. The number of fused-ring (bicyclic) bond motifs is 2. The lowest BCUT2D eigenvalue weighted by atomic mass is 9.96. The summed E-state index contributed by atoms with van der Waals surface area (Å²) in [4.78, 5) is 9.02. The van der Waals surface area contributed by atoms with Crippen molar-refractivity contribution in [2.45, 2.75) is 51.6 Å². The lowest BCUT2D eigenvalue weighted by Gasteiger charge is -2.25. The Hall–Kier alpha value is -3.65. The molecule has 1 atom stereocenters. The van der Waals surface area contributed by atoms with Crippen molar-refractivity contribution in [1.29, 1.82) is 0 Å². The molecular formula is C30H30ClF2N7S. The average molecular weight is 594 g/mol. The third-order valence-electron chi connectivity index (χ3n) is 7.43. The summed E-state index contributed by atoms with van der Waals surface area (Å²) in [5.41, 5.74) is 12.0. The van der Waals surface area contributed by atoms with Gasteiger partial charge >= 0.3 is 0 Å². The Balaban J connectivity index is 1.44. The van der Waals surface area contributed by atoms with E-state index in [9.17, 15) is 8.78 Å². The highest BCUT2D eigenvalue weighted by atomic mass is 35.5. The van der Waals surface area contributed by atoms with Crippen LogP contribution in [0.5, 0.6) is 0 Å². The molecule has 0 saturated heterocycles. The third kappa shape index (κ3) is 5.14. The Morgan fingerprint density at radius 1 is 1.24 bits per heavy atom. The van der Waals surface area contributed by atoms with Crippen molar-refractivity contribution < 1.29 is 8.78 Å². The quantitative estimate of drug-likeness (QED) is 0.163. The molecule has 2 aliphatic rings. The Bertz CT molecular complexity index is 1700. The Morgan fingerprint density at radius 3 is 2.76 bits per heavy atom. The van der Waals surface area contributed by atoms with Crippen LogP contribution in [-0.2, 0) is 0 Å². The van der Waals surface area contributed by atoms with Crippen LogP contribution < -0.4 is 21.6 Å². The molecule has 4 N–H and O–H groups in total. The number of nitrogens with one attached hydrogen (secondary N) is 4. The normalized spacial score (nSPS) is 16.9. The minimum absolute atomic E-state index is 0.0102. The van der Waals surface area contributed by atoms with Gasteiger partial charge in [0.05, 0.1) is 49.3 Å². The van der Waals surface area contributed by atoms with Gasteiger partial charge in [-0.15, -0.1) is 23.3 Å². The smallest absolute Gasteiger partial charge is 0.262 e. The van der Waals surface area contributed by atoms with Gasteiger partial charge in [-0.2, -0.15) is 0 Å². The van der Waals surface area contributed by atoms with E-state index in [4.69, 9.17) is 18.0 Å². The molecule has 4 aromatic rings. The number of thiazole rings is 1. The van der Waals surface area contributed by atoms with Crippen LogP contribution in [0.1, 0.15) is 50.8 Å². The second-order valence-electron chi connectivity index (χ2n) is 11.7. The second-order valence-corrected chi connectivity index (χ2v) is 12.9. The van der Waals surface area contributed by atoms with Crippen LogP contribution in [-0.4, -0.2) is 33.5 Å². The van der Waals surface area contributed by atoms with Crippen LogP contribution in [0.3, 0.4) is 0 Å². The summed E-state index contributed by atoms with van der Waals surface area (Å²) < 4.78 is 28.8. The summed E-state index contributed by atoms with van der Waals surface area (Å²) in [5.74, 6) is 2.74. The number of nitrogens with zero attached hydrogens (tertiary/aromatic N) is 3. The van der Waals surface area contributed by atoms with Crippen LogP contribution >= 0.6 is 22.9 Å². The number of rotatable bonds is 8. The summed E-state index contributed by atoms with van der Waals surface area (Å²) in [6.45, 7) is 7.12. The van der Waals surface area contributed by atoms with E-state index in [-0.39, 0.29) is 5.41 Å². The van der Waals surface area contributed by atoms with Crippen LogP contribution in [0, 0.1) is 17.8 Å². The maximum absolute atomic E-state index is 13.9. The Labute approximate surface area is 246 Å². The van der Waals surface area contributed by atoms with Gasteiger partial charge in [0, 0.05) is 30.0 Å². The van der Waals surface area contributed by atoms with Gasteiger partial charge in [0.25, 0.3) is 6.43 Å². The van der Waals surface area contributed by atoms with E-state index in [1.54, 1.807) is 17.9 Å². The van der Waals surface area contributed by atoms with Gasteiger partial charge < -0.3 is 16.1 Å². The SMILES string of the molecule is C#Cc1cnc2c(Cl)cc(N[C@H](C3=CN(C4(C(F)F)CC4)NN3)c3cccc4ncsc34)cc2c1NCC(C)(C)C. The number of alkyl halides is 2. The molecule has 0 radical (unpaired) electrons. The van der Waals surface area contributed by atoms with E-state index < -0.39 is 18.0 Å². The van der Waals surface area contributed by atoms with Crippen molar-refractivity contribution in [2.75, 3.05) is 17.2 Å². The molecule has 41 heavy (non-hydrogen) atoms. The van der Waals surface area contributed by atoms with Gasteiger partial charge in [0.15, 0.2) is 0 Å². The molecule has 1 fully saturated rings. The molecule has 6 rings (SSSR count). The molecule has 0 spiro atoms. The van der Waals surface area contributed by atoms with Crippen molar-refractivity contribution in [3.8, 4) is 12.3 Å². The van der Waals surface area contributed by atoms with E-state index >= 15 is 0 Å². The van der Waals surface area contributed by atoms with Crippen molar-refractivity contribution in [3.63, 3.8) is 0 Å². The van der Waals surface area contributed by atoms with E-state index in [1.165, 1.54) is 16.3 Å². The van der Waals surface area contributed by atoms with E-state index in [1.807, 2.05) is 30.3 Å². The minimum Gasteiger partial charge on any atom is -0.383 e. The van der Waals surface area contributed by atoms with E-state index in [0.717, 1.165) is 32.5 Å². The van der Waals surface area contributed by atoms with Gasteiger partial charge in [0.2, 0.25) is 0 Å². The predicted molar refractivity (Wildman–Crippen MR) is 163 cm³/mol. The molecule has 0 amide bonds. The van der Waals surface area contributed by atoms with Crippen molar-refractivity contribution in [2.24, 2.45) is 5.41 Å². The summed E-state index contributed by atoms with van der Waals surface area (Å²) in [5, 5.41) is 9.88. The van der Waals surface area contributed by atoms with Crippen LogP contribution in [0.25, 0.3) is 21.1 Å². The van der Waals surface area contributed by atoms with Gasteiger partial charge in [-0.1, -0.05) is 50.4 Å². The first kappa shape index (κ1) is 27.5. The number of benzene rings is 2. The summed E-state index contributed by atoms with van der Waals surface area (Å²) in [7, 11) is 0. The lowest BCUT2D eigenvalue weighted by Crippen LogP contribution is -2.48. The van der Waals surface area contributed by atoms with Crippen LogP contribution in [0.4, 0.5) is 20.2 Å². The molecule has 1 aliphatic heterocycles. The topological polar surface area (TPSA) is 77.1 Å². The predicted octanol–water partition coefficient (Wildman–Crippen LogP) is 7.05. The summed E-state index contributed by atoms with van der Waals surface area (Å²) in [6, 6.07) is 9.27. The highest BCUT2D eigenvalue weighted by Crippen LogP contribution is 2.47. The van der Waals surface area contributed by atoms with Crippen molar-refractivity contribution in [1.82, 2.24) is 25.9 Å². The maximum Gasteiger partial charge on any atom is 0.262 e. The average Bonchev–Trinajstić information content (AvgIpc) is 3.35. The zero-order valence-electron chi connectivity index (χ0n) is 22.9. The fourth-order valence-electron chi connectivity index (χ4n) is 5.03. The first-order valence-electron chi connectivity index (χ1n) is 13.3. The molecule has 1 aliphatic carbocycles. The number of anilines is 2. The monoisotopic (exact) mass is 593 g/mol. The zero-order valence-corrected chi connectivity index (χ0v) is 24.4. The van der Waals surface area contributed by atoms with Crippen molar-refractivity contribution >= 4 is 55.4 Å². The number of hydrogen-bond donors (Lipinski definition) is 4. The fourth-order valence-corrected chi connectivity index (χ4v) is 6.13. The van der Waals surface area contributed by atoms with Crippen LogP contribution in [0.15, 0.2) is 53.9 Å². The number of halogens is 3. The minimum atomic E-state index is -2.47. The molecule has 0 bridgehead atoms. The number of pyridine rings is 1. The van der Waals surface area contributed by atoms with E-state index in [0.29, 0.717) is 41.2 Å². The number of terminal acetylenes is 1. The highest BCUT2D eigenvalue weighted by Gasteiger charge is 2.56. The number of hydrazine groups is 2. The summed E-state index contributed by atoms with van der Waals surface area (Å²) in [6.07, 6.45) is 7.60. The largest absolute Gasteiger partial charge is 0.383 e. The molecule has 7 nitrogen and oxygen atoms in total. The van der Waals surface area contributed by atoms with Gasteiger partial charge in [-0.25, -0.2) is 13.8 Å². The molecule has 0 unspecified atom stereocenters. The first-order chi connectivity index (χ1) is 19.6. The molecular weight excluding hydrogens is 564 g/mol. The Morgan fingerprint density at radius 2 is 2.05 bits per heavy atom. The third-order valence-corrected chi connectivity index (χ3v) is 8.61.